The summed E-state index contributed by atoms with van der Waals surface area (Å²) in [6.45, 7) is 6.21. The van der Waals surface area contributed by atoms with Gasteiger partial charge in [0.25, 0.3) is 0 Å². The van der Waals surface area contributed by atoms with Crippen molar-refractivity contribution in [2.24, 2.45) is 0 Å². The van der Waals surface area contributed by atoms with Crippen molar-refractivity contribution < 1.29 is 22.7 Å². The van der Waals surface area contributed by atoms with Crippen LogP contribution >= 0.6 is 11.6 Å². The van der Waals surface area contributed by atoms with Crippen LogP contribution in [0.1, 0.15) is 12.5 Å². The van der Waals surface area contributed by atoms with Crippen LogP contribution in [0.5, 0.6) is 5.75 Å². The van der Waals surface area contributed by atoms with Crippen LogP contribution in [0.15, 0.2) is 48.5 Å². The van der Waals surface area contributed by atoms with E-state index in [2.05, 4.69) is 15.1 Å². The molecule has 0 bridgehead atoms. The zero-order valence-corrected chi connectivity index (χ0v) is 17.9. The molecule has 3 rings (SSSR count). The first kappa shape index (κ1) is 23.4. The smallest absolute Gasteiger partial charge is 0.416 e. The Morgan fingerprint density at radius 3 is 2.26 bits per heavy atom. The van der Waals surface area contributed by atoms with Gasteiger partial charge in [0.05, 0.1) is 11.6 Å². The van der Waals surface area contributed by atoms with E-state index in [0.717, 1.165) is 50.6 Å². The maximum absolute atomic E-state index is 12.7. The summed E-state index contributed by atoms with van der Waals surface area (Å²) >= 11 is 5.86. The average Bonchev–Trinajstić information content (AvgIpc) is 2.75. The molecule has 168 valence electrons. The van der Waals surface area contributed by atoms with Crippen LogP contribution in [0.2, 0.25) is 5.02 Å². The summed E-state index contributed by atoms with van der Waals surface area (Å²) < 4.78 is 43.7. The van der Waals surface area contributed by atoms with Crippen molar-refractivity contribution >= 4 is 23.2 Å². The predicted molar refractivity (Wildman–Crippen MR) is 114 cm³/mol. The van der Waals surface area contributed by atoms with E-state index in [0.29, 0.717) is 17.3 Å². The summed E-state index contributed by atoms with van der Waals surface area (Å²) in [7, 11) is 0. The minimum atomic E-state index is -4.39. The number of nitrogens with one attached hydrogen (secondary N) is 1. The van der Waals surface area contributed by atoms with Gasteiger partial charge in [0.15, 0.2) is 0 Å². The van der Waals surface area contributed by atoms with E-state index in [1.54, 1.807) is 19.1 Å². The Hall–Kier alpha value is -2.29. The third-order valence-electron chi connectivity index (χ3n) is 5.30. The average molecular weight is 456 g/mol. The van der Waals surface area contributed by atoms with Crippen LogP contribution in [-0.2, 0) is 11.0 Å². The number of hydrogen-bond acceptors (Lipinski definition) is 4. The quantitative estimate of drug-likeness (QED) is 0.673. The molecule has 0 radical (unpaired) electrons. The lowest BCUT2D eigenvalue weighted by molar-refractivity contribution is -0.137. The number of halogens is 4. The highest BCUT2D eigenvalue weighted by molar-refractivity contribution is 6.30. The Kier molecular flexibility index (Phi) is 7.80. The standard InChI is InChI=1S/C22H25ClF3N3O2/c1-16(21(30)27-19-6-2-17(3-7-19)22(24,25)26)29-12-10-28(11-13-29)14-15-31-20-8-4-18(23)5-9-20/h2-9,16H,10-15H2,1H3,(H,27,30). The number of nitrogens with zero attached hydrogens (tertiary/aromatic N) is 2. The number of amides is 1. The first-order valence-electron chi connectivity index (χ1n) is 10.1. The van der Waals surface area contributed by atoms with Gasteiger partial charge in [-0.15, -0.1) is 0 Å². The molecular formula is C22H25ClF3N3O2. The van der Waals surface area contributed by atoms with Gasteiger partial charge in [0.1, 0.15) is 12.4 Å². The van der Waals surface area contributed by atoms with E-state index in [1.807, 2.05) is 12.1 Å². The molecule has 2 aromatic rings. The zero-order chi connectivity index (χ0) is 22.4. The molecule has 1 heterocycles. The third kappa shape index (κ3) is 6.85. The molecule has 5 nitrogen and oxygen atoms in total. The largest absolute Gasteiger partial charge is 0.492 e. The number of ether oxygens (including phenoxy) is 1. The maximum atomic E-state index is 12.7. The maximum Gasteiger partial charge on any atom is 0.416 e. The summed E-state index contributed by atoms with van der Waals surface area (Å²) in [5.74, 6) is 0.538. The summed E-state index contributed by atoms with van der Waals surface area (Å²) in [6, 6.07) is 11.3. The number of benzene rings is 2. The van der Waals surface area contributed by atoms with Crippen molar-refractivity contribution in [2.75, 3.05) is 44.6 Å². The fourth-order valence-corrected chi connectivity index (χ4v) is 3.48. The van der Waals surface area contributed by atoms with E-state index >= 15 is 0 Å². The van der Waals surface area contributed by atoms with Gasteiger partial charge in [-0.1, -0.05) is 11.6 Å². The van der Waals surface area contributed by atoms with Crippen molar-refractivity contribution in [3.05, 3.63) is 59.1 Å². The molecule has 0 spiro atoms. The van der Waals surface area contributed by atoms with Crippen LogP contribution in [0.4, 0.5) is 18.9 Å². The highest BCUT2D eigenvalue weighted by atomic mass is 35.5. The van der Waals surface area contributed by atoms with Crippen molar-refractivity contribution in [1.82, 2.24) is 9.80 Å². The highest BCUT2D eigenvalue weighted by Gasteiger charge is 2.30. The van der Waals surface area contributed by atoms with Crippen molar-refractivity contribution in [2.45, 2.75) is 19.1 Å². The molecule has 0 saturated carbocycles. The van der Waals surface area contributed by atoms with Gasteiger partial charge in [0, 0.05) is 43.4 Å². The monoisotopic (exact) mass is 455 g/mol. The fraction of sp³-hybridized carbons (Fsp3) is 0.409. The van der Waals surface area contributed by atoms with Gasteiger partial charge in [-0.05, 0) is 55.5 Å². The lowest BCUT2D eigenvalue weighted by Gasteiger charge is -2.37. The normalized spacial score (nSPS) is 16.7. The first-order chi connectivity index (χ1) is 14.7. The topological polar surface area (TPSA) is 44.8 Å². The van der Waals surface area contributed by atoms with Crippen molar-refractivity contribution in [3.8, 4) is 5.75 Å². The summed E-state index contributed by atoms with van der Waals surface area (Å²) in [4.78, 5) is 16.8. The summed E-state index contributed by atoms with van der Waals surface area (Å²) in [6.07, 6.45) is -4.39. The highest BCUT2D eigenvalue weighted by Crippen LogP contribution is 2.29. The minimum absolute atomic E-state index is 0.237. The van der Waals surface area contributed by atoms with Gasteiger partial charge in [-0.2, -0.15) is 13.2 Å². The molecule has 1 N–H and O–H groups in total. The summed E-state index contributed by atoms with van der Waals surface area (Å²) in [5, 5.41) is 3.36. The van der Waals surface area contributed by atoms with E-state index in [-0.39, 0.29) is 11.9 Å². The second-order valence-corrected chi connectivity index (χ2v) is 7.86. The zero-order valence-electron chi connectivity index (χ0n) is 17.2. The number of hydrogen-bond donors (Lipinski definition) is 1. The van der Waals surface area contributed by atoms with Gasteiger partial charge in [0.2, 0.25) is 5.91 Å². The van der Waals surface area contributed by atoms with E-state index in [1.165, 1.54) is 12.1 Å². The van der Waals surface area contributed by atoms with Crippen molar-refractivity contribution in [1.29, 1.82) is 0 Å². The molecule has 1 fully saturated rings. The van der Waals surface area contributed by atoms with Crippen LogP contribution in [0.3, 0.4) is 0 Å². The fourth-order valence-electron chi connectivity index (χ4n) is 3.35. The number of carbonyl (C=O) groups is 1. The molecule has 1 atom stereocenters. The predicted octanol–water partition coefficient (Wildman–Crippen LogP) is 4.38. The minimum Gasteiger partial charge on any atom is -0.492 e. The SMILES string of the molecule is CC(C(=O)Nc1ccc(C(F)(F)F)cc1)N1CCN(CCOc2ccc(Cl)cc2)CC1. The number of anilines is 1. The Morgan fingerprint density at radius 1 is 1.06 bits per heavy atom. The van der Waals surface area contributed by atoms with E-state index in [9.17, 15) is 18.0 Å². The van der Waals surface area contributed by atoms with Gasteiger partial charge in [-0.25, -0.2) is 0 Å². The summed E-state index contributed by atoms with van der Waals surface area (Å²) in [5.41, 5.74) is -0.391. The molecule has 1 saturated heterocycles. The van der Waals surface area contributed by atoms with Gasteiger partial charge < -0.3 is 10.1 Å². The van der Waals surface area contributed by atoms with E-state index < -0.39 is 11.7 Å². The second kappa shape index (κ2) is 10.3. The van der Waals surface area contributed by atoms with Gasteiger partial charge in [-0.3, -0.25) is 14.6 Å². The second-order valence-electron chi connectivity index (χ2n) is 7.42. The van der Waals surface area contributed by atoms with Crippen molar-refractivity contribution in [3.63, 3.8) is 0 Å². The molecule has 2 aromatic carbocycles. The molecule has 31 heavy (non-hydrogen) atoms. The van der Waals surface area contributed by atoms with Crippen LogP contribution < -0.4 is 10.1 Å². The van der Waals surface area contributed by atoms with Gasteiger partial charge >= 0.3 is 6.18 Å². The Balaban J connectivity index is 1.40. The van der Waals surface area contributed by atoms with Crippen LogP contribution in [0, 0.1) is 0 Å². The van der Waals surface area contributed by atoms with Crippen LogP contribution in [0.25, 0.3) is 0 Å². The molecule has 9 heteroatoms. The number of piperazine rings is 1. The first-order valence-corrected chi connectivity index (χ1v) is 10.4. The Labute approximate surface area is 184 Å². The molecular weight excluding hydrogens is 431 g/mol. The molecule has 0 aromatic heterocycles. The number of alkyl halides is 3. The molecule has 1 aliphatic heterocycles. The molecule has 1 amide bonds. The third-order valence-corrected chi connectivity index (χ3v) is 5.56. The number of carbonyl (C=O) groups excluding carboxylic acids is 1. The van der Waals surface area contributed by atoms with E-state index in [4.69, 9.17) is 16.3 Å². The Bertz CT molecular complexity index is 852. The lowest BCUT2D eigenvalue weighted by Crippen LogP contribution is -2.53. The molecule has 1 unspecified atom stereocenters. The molecule has 0 aliphatic carbocycles. The molecule has 1 aliphatic rings. The van der Waals surface area contributed by atoms with Crippen LogP contribution in [-0.4, -0.2) is 61.1 Å². The number of rotatable bonds is 7. The lowest BCUT2D eigenvalue weighted by atomic mass is 10.2. The Morgan fingerprint density at radius 2 is 1.68 bits per heavy atom.